The number of hydrogen-bond acceptors (Lipinski definition) is 6. The molecule has 0 aliphatic heterocycles. The van der Waals surface area contributed by atoms with Gasteiger partial charge in [0.25, 0.3) is 0 Å². The van der Waals surface area contributed by atoms with Gasteiger partial charge in [-0.2, -0.15) is 0 Å². The van der Waals surface area contributed by atoms with Crippen LogP contribution in [-0.2, 0) is 19.1 Å². The second-order valence-corrected chi connectivity index (χ2v) is 18.3. The average molecular weight is 766 g/mol. The molecule has 0 saturated heterocycles. The van der Waals surface area contributed by atoms with Crippen molar-refractivity contribution in [3.05, 3.63) is 0 Å². The molecule has 0 spiro atoms. The van der Waals surface area contributed by atoms with E-state index in [0.29, 0.717) is 25.6 Å². The van der Waals surface area contributed by atoms with Gasteiger partial charge in [0.15, 0.2) is 0 Å². The van der Waals surface area contributed by atoms with Crippen LogP contribution in [0.5, 0.6) is 0 Å². The van der Waals surface area contributed by atoms with Crippen molar-refractivity contribution in [2.75, 3.05) is 39.5 Å². The number of carbonyl (C=O) groups excluding carboxylic acids is 2. The number of esters is 2. The highest BCUT2D eigenvalue weighted by molar-refractivity contribution is 5.75. The highest BCUT2D eigenvalue weighted by Gasteiger charge is 2.28. The van der Waals surface area contributed by atoms with E-state index < -0.39 is 5.41 Å². The van der Waals surface area contributed by atoms with Crippen LogP contribution in [0.25, 0.3) is 0 Å². The molecule has 6 nitrogen and oxygen atoms in total. The van der Waals surface area contributed by atoms with E-state index in [2.05, 4.69) is 39.5 Å². The zero-order valence-electron chi connectivity index (χ0n) is 37.6. The first-order valence-corrected chi connectivity index (χ1v) is 23.7. The summed E-state index contributed by atoms with van der Waals surface area (Å²) in [7, 11) is 0. The minimum atomic E-state index is -0.409. The minimum absolute atomic E-state index is 0.000885. The lowest BCUT2D eigenvalue weighted by atomic mass is 9.87. The van der Waals surface area contributed by atoms with Gasteiger partial charge < -0.3 is 19.5 Å². The van der Waals surface area contributed by atoms with Crippen molar-refractivity contribution >= 4 is 11.9 Å². The molecule has 0 atom stereocenters. The van der Waals surface area contributed by atoms with E-state index in [4.69, 9.17) is 9.47 Å². The number of ether oxygens (including phenoxy) is 2. The Kier molecular flexibility index (Phi) is 35.5. The van der Waals surface area contributed by atoms with Crippen LogP contribution in [0.2, 0.25) is 0 Å². The van der Waals surface area contributed by atoms with E-state index >= 15 is 0 Å². The van der Waals surface area contributed by atoms with Crippen LogP contribution in [0.15, 0.2) is 0 Å². The summed E-state index contributed by atoms with van der Waals surface area (Å²) >= 11 is 0. The summed E-state index contributed by atoms with van der Waals surface area (Å²) in [5.41, 5.74) is -0.408. The van der Waals surface area contributed by atoms with Crippen LogP contribution >= 0.6 is 0 Å². The molecule has 0 amide bonds. The average Bonchev–Trinajstić information content (AvgIpc) is 3.14. The molecule has 0 heterocycles. The number of nitrogens with zero attached hydrogens (tertiary/aromatic N) is 1. The molecule has 0 fully saturated rings. The van der Waals surface area contributed by atoms with E-state index in [1.807, 2.05) is 13.8 Å². The van der Waals surface area contributed by atoms with Gasteiger partial charge in [-0.1, -0.05) is 169 Å². The van der Waals surface area contributed by atoms with Crippen molar-refractivity contribution in [1.82, 2.24) is 4.90 Å². The van der Waals surface area contributed by atoms with Gasteiger partial charge >= 0.3 is 11.9 Å². The number of carbonyl (C=O) groups is 2. The number of rotatable bonds is 41. The molecule has 0 aromatic carbocycles. The Morgan fingerprint density at radius 1 is 0.537 bits per heavy atom. The van der Waals surface area contributed by atoms with Crippen LogP contribution < -0.4 is 0 Å². The zero-order chi connectivity index (χ0) is 40.2. The van der Waals surface area contributed by atoms with Crippen LogP contribution in [0.1, 0.15) is 241 Å². The van der Waals surface area contributed by atoms with E-state index in [1.165, 1.54) is 122 Å². The summed E-state index contributed by atoms with van der Waals surface area (Å²) in [6.07, 6.45) is 35.2. The summed E-state index contributed by atoms with van der Waals surface area (Å²) < 4.78 is 11.6. The Morgan fingerprint density at radius 2 is 0.981 bits per heavy atom. The molecule has 0 aliphatic carbocycles. The van der Waals surface area contributed by atoms with Gasteiger partial charge in [0.05, 0.1) is 18.6 Å². The highest BCUT2D eigenvalue weighted by Crippen LogP contribution is 2.28. The van der Waals surface area contributed by atoms with Crippen LogP contribution in [0.3, 0.4) is 0 Å². The molecular formula is C48H95NO5. The first-order chi connectivity index (χ1) is 26.0. The number of unbranched alkanes of at least 4 members (excludes halogenated alkanes) is 19. The summed E-state index contributed by atoms with van der Waals surface area (Å²) in [6.45, 7) is 19.8. The predicted octanol–water partition coefficient (Wildman–Crippen LogP) is 13.8. The number of aliphatic hydroxyl groups is 1. The SMILES string of the molecule is CCCCCCCCCOC(=O)C(C)(C)CCCCCCN(CCCO)CCCCCC(C)(C)COC(=O)CC(CCCCCCC)CCCCCCC. The first kappa shape index (κ1) is 52.9. The van der Waals surface area contributed by atoms with E-state index in [1.54, 1.807) is 0 Å². The highest BCUT2D eigenvalue weighted by atomic mass is 16.5. The van der Waals surface area contributed by atoms with Crippen LogP contribution in [0.4, 0.5) is 0 Å². The van der Waals surface area contributed by atoms with Gasteiger partial charge in [-0.15, -0.1) is 0 Å². The number of hydrogen-bond donors (Lipinski definition) is 1. The van der Waals surface area contributed by atoms with Gasteiger partial charge in [-0.3, -0.25) is 9.59 Å². The molecule has 322 valence electrons. The molecule has 0 radical (unpaired) electrons. The smallest absolute Gasteiger partial charge is 0.311 e. The predicted molar refractivity (Wildman–Crippen MR) is 232 cm³/mol. The van der Waals surface area contributed by atoms with Gasteiger partial charge in [-0.05, 0) is 89.6 Å². The molecule has 0 aromatic heterocycles. The molecule has 1 N–H and O–H groups in total. The summed E-state index contributed by atoms with van der Waals surface area (Å²) in [5, 5.41) is 9.47. The van der Waals surface area contributed by atoms with Crippen molar-refractivity contribution in [2.24, 2.45) is 16.7 Å². The minimum Gasteiger partial charge on any atom is -0.465 e. The Labute approximate surface area is 337 Å². The number of aliphatic hydroxyl groups excluding tert-OH is 1. The van der Waals surface area contributed by atoms with E-state index in [0.717, 1.165) is 83.8 Å². The third kappa shape index (κ3) is 33.0. The summed E-state index contributed by atoms with van der Waals surface area (Å²) in [6, 6.07) is 0. The fraction of sp³-hybridized carbons (Fsp3) is 0.958. The lowest BCUT2D eigenvalue weighted by Crippen LogP contribution is -2.28. The van der Waals surface area contributed by atoms with Crippen molar-refractivity contribution < 1.29 is 24.2 Å². The first-order valence-electron chi connectivity index (χ1n) is 23.7. The Balaban J connectivity index is 4.33. The third-order valence-electron chi connectivity index (χ3n) is 11.5. The maximum atomic E-state index is 12.9. The van der Waals surface area contributed by atoms with Gasteiger partial charge in [-0.25, -0.2) is 0 Å². The largest absolute Gasteiger partial charge is 0.465 e. The molecule has 0 rings (SSSR count). The standard InChI is InChI=1S/C48H95NO5/c1-8-11-14-17-18-23-31-41-53-46(52)48(6,7)36-28-21-22-29-37-49(39-32-40-50)38-30-24-27-35-47(4,5)43-54-45(51)42-44(33-25-19-15-12-9-2)34-26-20-16-13-10-3/h44,50H,8-43H2,1-7H3. The molecule has 0 aliphatic rings. The topological polar surface area (TPSA) is 76.1 Å². The molecule has 0 aromatic rings. The molecule has 54 heavy (non-hydrogen) atoms. The fourth-order valence-corrected chi connectivity index (χ4v) is 7.59. The van der Waals surface area contributed by atoms with Gasteiger partial charge in [0, 0.05) is 19.6 Å². The normalized spacial score (nSPS) is 12.3. The van der Waals surface area contributed by atoms with Crippen LogP contribution in [-0.4, -0.2) is 61.4 Å². The van der Waals surface area contributed by atoms with Gasteiger partial charge in [0.2, 0.25) is 0 Å². The van der Waals surface area contributed by atoms with Crippen molar-refractivity contribution in [3.63, 3.8) is 0 Å². The molecular weight excluding hydrogens is 671 g/mol. The second kappa shape index (κ2) is 36.2. The van der Waals surface area contributed by atoms with E-state index in [-0.39, 0.29) is 24.0 Å². The Hall–Kier alpha value is -1.14. The quantitative estimate of drug-likeness (QED) is 0.0493. The fourth-order valence-electron chi connectivity index (χ4n) is 7.59. The molecule has 6 heteroatoms. The summed E-state index contributed by atoms with van der Waals surface area (Å²) in [5.74, 6) is 0.448. The lowest BCUT2D eigenvalue weighted by molar-refractivity contribution is -0.154. The Morgan fingerprint density at radius 3 is 1.54 bits per heavy atom. The second-order valence-electron chi connectivity index (χ2n) is 18.3. The third-order valence-corrected chi connectivity index (χ3v) is 11.5. The van der Waals surface area contributed by atoms with Crippen molar-refractivity contribution in [3.8, 4) is 0 Å². The maximum absolute atomic E-state index is 12.9. The van der Waals surface area contributed by atoms with Gasteiger partial charge in [0.1, 0.15) is 0 Å². The molecule has 0 unspecified atom stereocenters. The van der Waals surface area contributed by atoms with Crippen molar-refractivity contribution in [2.45, 2.75) is 241 Å². The maximum Gasteiger partial charge on any atom is 0.311 e. The van der Waals surface area contributed by atoms with E-state index in [9.17, 15) is 14.7 Å². The van der Waals surface area contributed by atoms with Crippen LogP contribution in [0, 0.1) is 16.7 Å². The zero-order valence-corrected chi connectivity index (χ0v) is 37.6. The van der Waals surface area contributed by atoms with Crippen molar-refractivity contribution in [1.29, 1.82) is 0 Å². The lowest BCUT2D eigenvalue weighted by Gasteiger charge is -2.26. The molecule has 0 saturated carbocycles. The molecule has 0 bridgehead atoms. The Bertz CT molecular complexity index is 829. The summed E-state index contributed by atoms with van der Waals surface area (Å²) in [4.78, 5) is 28.1. The monoisotopic (exact) mass is 766 g/mol.